The molecule has 1 heterocycles. The van der Waals surface area contributed by atoms with Gasteiger partial charge in [0.05, 0.1) is 32.8 Å². The van der Waals surface area contributed by atoms with Crippen LogP contribution in [0.1, 0.15) is 32.3 Å². The predicted molar refractivity (Wildman–Crippen MR) is 79.9 cm³/mol. The lowest BCUT2D eigenvalue weighted by Gasteiger charge is -2.46. The zero-order chi connectivity index (χ0) is 14.8. The normalized spacial score (nSPS) is 33.5. The average Bonchev–Trinajstić information content (AvgIpc) is 2.45. The Labute approximate surface area is 122 Å². The SMILES string of the molecule is COc1ccccc1[C@@]1(CC#N)C[C@@H](C)[NH+](C)C[C@H]1C. The van der Waals surface area contributed by atoms with Crippen LogP contribution >= 0.6 is 0 Å². The molecule has 3 heteroatoms. The van der Waals surface area contributed by atoms with Gasteiger partial charge in [0.25, 0.3) is 0 Å². The van der Waals surface area contributed by atoms with E-state index in [1.165, 1.54) is 5.56 Å². The van der Waals surface area contributed by atoms with Gasteiger partial charge in [-0.1, -0.05) is 25.1 Å². The Morgan fingerprint density at radius 3 is 2.75 bits per heavy atom. The third-order valence-corrected chi connectivity index (χ3v) is 5.12. The molecule has 1 saturated heterocycles. The summed E-state index contributed by atoms with van der Waals surface area (Å²) in [4.78, 5) is 1.56. The number of likely N-dealkylation sites (tertiary alicyclic amines) is 1. The fraction of sp³-hybridized carbons (Fsp3) is 0.588. The van der Waals surface area contributed by atoms with Gasteiger partial charge in [-0.05, 0) is 13.0 Å². The first kappa shape index (κ1) is 14.9. The molecule has 0 amide bonds. The van der Waals surface area contributed by atoms with E-state index < -0.39 is 0 Å². The Bertz CT molecular complexity index is 508. The molecule has 3 nitrogen and oxygen atoms in total. The third kappa shape index (κ3) is 2.41. The number of ether oxygens (including phenoxy) is 1. The van der Waals surface area contributed by atoms with Crippen LogP contribution in [-0.2, 0) is 5.41 Å². The van der Waals surface area contributed by atoms with Crippen LogP contribution in [0.4, 0.5) is 0 Å². The Morgan fingerprint density at radius 2 is 2.10 bits per heavy atom. The van der Waals surface area contributed by atoms with Crippen molar-refractivity contribution in [1.29, 1.82) is 5.26 Å². The van der Waals surface area contributed by atoms with Gasteiger partial charge in [0.2, 0.25) is 0 Å². The van der Waals surface area contributed by atoms with Crippen molar-refractivity contribution < 1.29 is 9.64 Å². The molecule has 0 saturated carbocycles. The van der Waals surface area contributed by atoms with Crippen molar-refractivity contribution >= 4 is 0 Å². The van der Waals surface area contributed by atoms with Gasteiger partial charge < -0.3 is 9.64 Å². The highest BCUT2D eigenvalue weighted by atomic mass is 16.5. The molecule has 108 valence electrons. The van der Waals surface area contributed by atoms with Crippen molar-refractivity contribution in [2.24, 2.45) is 5.92 Å². The van der Waals surface area contributed by atoms with E-state index >= 15 is 0 Å². The number of quaternary nitrogens is 1. The fourth-order valence-corrected chi connectivity index (χ4v) is 3.72. The van der Waals surface area contributed by atoms with Crippen LogP contribution in [0, 0.1) is 17.2 Å². The Balaban J connectivity index is 2.52. The van der Waals surface area contributed by atoms with Crippen LogP contribution in [0.25, 0.3) is 0 Å². The van der Waals surface area contributed by atoms with Crippen molar-refractivity contribution in [3.8, 4) is 11.8 Å². The topological polar surface area (TPSA) is 37.5 Å². The smallest absolute Gasteiger partial charge is 0.122 e. The molecule has 0 radical (unpaired) electrons. The maximum absolute atomic E-state index is 9.38. The highest BCUT2D eigenvalue weighted by Gasteiger charge is 2.47. The number of methoxy groups -OCH3 is 1. The molecule has 1 fully saturated rings. The van der Waals surface area contributed by atoms with Crippen LogP contribution in [0.15, 0.2) is 24.3 Å². The first-order valence-corrected chi connectivity index (χ1v) is 7.38. The van der Waals surface area contributed by atoms with Crippen LogP contribution < -0.4 is 9.64 Å². The van der Waals surface area contributed by atoms with Crippen molar-refractivity contribution in [3.05, 3.63) is 29.8 Å². The molecule has 0 bridgehead atoms. The standard InChI is InChI=1S/C17H24N2O/c1-13-12-19(3)14(2)11-17(13,9-10-18)15-7-5-6-8-16(15)20-4/h5-8,13-14H,9,11-12H2,1-4H3/p+1/t13-,14-,17+/m1/s1. The van der Waals surface area contributed by atoms with Gasteiger partial charge in [0, 0.05) is 29.7 Å². The first-order chi connectivity index (χ1) is 9.55. The van der Waals surface area contributed by atoms with Crippen LogP contribution in [0.2, 0.25) is 0 Å². The van der Waals surface area contributed by atoms with Gasteiger partial charge >= 0.3 is 0 Å². The number of para-hydroxylation sites is 1. The van der Waals surface area contributed by atoms with Crippen molar-refractivity contribution in [2.45, 2.75) is 38.1 Å². The summed E-state index contributed by atoms with van der Waals surface area (Å²) in [6.45, 7) is 5.66. The van der Waals surface area contributed by atoms with Crippen molar-refractivity contribution in [2.75, 3.05) is 20.7 Å². The van der Waals surface area contributed by atoms with Gasteiger partial charge in [0.15, 0.2) is 0 Å². The number of piperidine rings is 1. The maximum atomic E-state index is 9.38. The number of nitrogens with one attached hydrogen (secondary N) is 1. The Morgan fingerprint density at radius 1 is 1.40 bits per heavy atom. The zero-order valence-corrected chi connectivity index (χ0v) is 12.9. The molecule has 1 unspecified atom stereocenters. The van der Waals surface area contributed by atoms with Crippen LogP contribution in [0.5, 0.6) is 5.75 Å². The average molecular weight is 273 g/mol. The minimum Gasteiger partial charge on any atom is -0.496 e. The summed E-state index contributed by atoms with van der Waals surface area (Å²) in [6.07, 6.45) is 1.60. The summed E-state index contributed by atoms with van der Waals surface area (Å²) < 4.78 is 5.56. The van der Waals surface area contributed by atoms with E-state index in [0.29, 0.717) is 18.4 Å². The van der Waals surface area contributed by atoms with Gasteiger partial charge in [-0.3, -0.25) is 0 Å². The number of hydrogen-bond donors (Lipinski definition) is 1. The second-order valence-electron chi connectivity index (χ2n) is 6.25. The molecule has 20 heavy (non-hydrogen) atoms. The molecule has 2 rings (SSSR count). The van der Waals surface area contributed by atoms with E-state index in [-0.39, 0.29) is 5.41 Å². The number of hydrogen-bond acceptors (Lipinski definition) is 2. The fourth-order valence-electron chi connectivity index (χ4n) is 3.72. The second kappa shape index (κ2) is 5.85. The minimum atomic E-state index is -0.0831. The summed E-state index contributed by atoms with van der Waals surface area (Å²) in [5, 5.41) is 9.38. The van der Waals surface area contributed by atoms with E-state index in [9.17, 15) is 5.26 Å². The van der Waals surface area contributed by atoms with Gasteiger partial charge in [0.1, 0.15) is 5.75 Å². The molecule has 1 aromatic rings. The number of rotatable bonds is 3. The largest absolute Gasteiger partial charge is 0.496 e. The lowest BCUT2D eigenvalue weighted by atomic mass is 9.63. The maximum Gasteiger partial charge on any atom is 0.122 e. The molecular formula is C17H25N2O+. The molecule has 1 aromatic carbocycles. The second-order valence-corrected chi connectivity index (χ2v) is 6.25. The number of benzene rings is 1. The third-order valence-electron chi connectivity index (χ3n) is 5.12. The highest BCUT2D eigenvalue weighted by molar-refractivity contribution is 5.41. The van der Waals surface area contributed by atoms with Crippen molar-refractivity contribution in [3.63, 3.8) is 0 Å². The minimum absolute atomic E-state index is 0.0831. The monoisotopic (exact) mass is 273 g/mol. The van der Waals surface area contributed by atoms with Gasteiger partial charge in [-0.15, -0.1) is 0 Å². The van der Waals surface area contributed by atoms with Crippen LogP contribution in [-0.4, -0.2) is 26.7 Å². The summed E-state index contributed by atoms with van der Waals surface area (Å²) in [6, 6.07) is 11.2. The summed E-state index contributed by atoms with van der Waals surface area (Å²) in [7, 11) is 3.97. The first-order valence-electron chi connectivity index (χ1n) is 7.38. The van der Waals surface area contributed by atoms with E-state index in [1.807, 2.05) is 12.1 Å². The Kier molecular flexibility index (Phi) is 4.35. The van der Waals surface area contributed by atoms with E-state index in [2.05, 4.69) is 39.1 Å². The van der Waals surface area contributed by atoms with E-state index in [0.717, 1.165) is 18.7 Å². The molecule has 1 N–H and O–H groups in total. The highest BCUT2D eigenvalue weighted by Crippen LogP contribution is 2.44. The molecule has 4 atom stereocenters. The van der Waals surface area contributed by atoms with Gasteiger partial charge in [-0.25, -0.2) is 0 Å². The van der Waals surface area contributed by atoms with Crippen LogP contribution in [0.3, 0.4) is 0 Å². The quantitative estimate of drug-likeness (QED) is 0.911. The van der Waals surface area contributed by atoms with Crippen molar-refractivity contribution in [1.82, 2.24) is 0 Å². The molecule has 1 aliphatic rings. The number of nitrogens with zero attached hydrogens (tertiary/aromatic N) is 1. The molecule has 0 aromatic heterocycles. The molecule has 0 aliphatic carbocycles. The number of nitriles is 1. The zero-order valence-electron chi connectivity index (χ0n) is 12.9. The predicted octanol–water partition coefficient (Wildman–Crippen LogP) is 1.79. The molecule has 0 spiro atoms. The lowest BCUT2D eigenvalue weighted by molar-refractivity contribution is -0.915. The summed E-state index contributed by atoms with van der Waals surface area (Å²) in [5.74, 6) is 1.39. The summed E-state index contributed by atoms with van der Waals surface area (Å²) in [5.41, 5.74) is 1.12. The van der Waals surface area contributed by atoms with E-state index in [1.54, 1.807) is 12.0 Å². The van der Waals surface area contributed by atoms with E-state index in [4.69, 9.17) is 4.74 Å². The molecular weight excluding hydrogens is 248 g/mol. The molecule has 1 aliphatic heterocycles. The van der Waals surface area contributed by atoms with Gasteiger partial charge in [-0.2, -0.15) is 5.26 Å². The Hall–Kier alpha value is -1.53. The summed E-state index contributed by atoms with van der Waals surface area (Å²) >= 11 is 0. The lowest BCUT2D eigenvalue weighted by Crippen LogP contribution is -3.15.